The van der Waals surface area contributed by atoms with Crippen LogP contribution >= 0.6 is 0 Å². The van der Waals surface area contributed by atoms with Crippen molar-refractivity contribution in [2.24, 2.45) is 0 Å². The summed E-state index contributed by atoms with van der Waals surface area (Å²) in [6.45, 7) is 0.269. The zero-order valence-corrected chi connectivity index (χ0v) is 8.77. The number of benzene rings is 1. The van der Waals surface area contributed by atoms with Gasteiger partial charge in [0.15, 0.2) is 11.5 Å². The van der Waals surface area contributed by atoms with Gasteiger partial charge in [0.25, 0.3) is 0 Å². The Morgan fingerprint density at radius 2 is 2.12 bits per heavy atom. The van der Waals surface area contributed by atoms with Crippen molar-refractivity contribution in [1.29, 1.82) is 0 Å². The van der Waals surface area contributed by atoms with Gasteiger partial charge in [-0.1, -0.05) is 5.16 Å². The lowest BCUT2D eigenvalue weighted by atomic mass is 10.1. The fourth-order valence-corrected chi connectivity index (χ4v) is 1.55. The lowest BCUT2D eigenvalue weighted by molar-refractivity contribution is 0.174. The van der Waals surface area contributed by atoms with Crippen molar-refractivity contribution < 1.29 is 14.0 Å². The Kier molecular flexibility index (Phi) is 2.06. The fraction of sp³-hybridized carbons (Fsp3) is 0.200. The minimum Gasteiger partial charge on any atom is -0.454 e. The Morgan fingerprint density at radius 3 is 2.94 bits per heavy atom. The van der Waals surface area contributed by atoms with E-state index in [1.54, 1.807) is 0 Å². The van der Waals surface area contributed by atoms with Gasteiger partial charge in [0.1, 0.15) is 7.85 Å². The normalized spacial score (nSPS) is 13.0. The van der Waals surface area contributed by atoms with Gasteiger partial charge in [-0.3, -0.25) is 0 Å². The molecule has 80 valence electrons. The molecule has 0 N–H and O–H groups in total. The van der Waals surface area contributed by atoms with Crippen molar-refractivity contribution in [2.75, 3.05) is 6.79 Å². The topological polar surface area (TPSA) is 57.4 Å². The minimum atomic E-state index is 0.269. The lowest BCUT2D eigenvalue weighted by Gasteiger charge is -1.97. The molecule has 0 spiro atoms. The molecule has 0 unspecified atom stereocenters. The maximum atomic E-state index is 5.29. The number of ether oxygens (including phenoxy) is 2. The van der Waals surface area contributed by atoms with Crippen molar-refractivity contribution in [3.63, 3.8) is 0 Å². The Labute approximate surface area is 92.8 Å². The summed E-state index contributed by atoms with van der Waals surface area (Å²) in [5.41, 5.74) is 0.868. The van der Waals surface area contributed by atoms with Crippen LogP contribution in [0.25, 0.3) is 11.4 Å². The van der Waals surface area contributed by atoms with Gasteiger partial charge < -0.3 is 14.0 Å². The Balaban J connectivity index is 2.00. The number of rotatable bonds is 2. The Hall–Kier alpha value is -1.98. The molecule has 5 nitrogen and oxygen atoms in total. The first-order valence-corrected chi connectivity index (χ1v) is 5.09. The van der Waals surface area contributed by atoms with Gasteiger partial charge in [-0.25, -0.2) is 0 Å². The Morgan fingerprint density at radius 1 is 1.25 bits per heavy atom. The molecular weight excluding hydrogens is 207 g/mol. The first-order chi connectivity index (χ1) is 7.86. The molecule has 1 aliphatic rings. The third-order valence-corrected chi connectivity index (χ3v) is 2.40. The van der Waals surface area contributed by atoms with E-state index in [1.807, 2.05) is 26.0 Å². The SMILES string of the molecule is BCc1nc(-c2ccc3c(c2)OCO3)no1. The van der Waals surface area contributed by atoms with Crippen molar-refractivity contribution in [3.05, 3.63) is 24.1 Å². The second-order valence-corrected chi connectivity index (χ2v) is 3.43. The van der Waals surface area contributed by atoms with E-state index >= 15 is 0 Å². The first-order valence-electron chi connectivity index (χ1n) is 5.09. The maximum Gasteiger partial charge on any atom is 0.231 e. The summed E-state index contributed by atoms with van der Waals surface area (Å²) in [6, 6.07) is 5.59. The van der Waals surface area contributed by atoms with Gasteiger partial charge in [0.05, 0.1) is 0 Å². The molecule has 0 saturated heterocycles. The zero-order chi connectivity index (χ0) is 11.0. The van der Waals surface area contributed by atoms with E-state index < -0.39 is 0 Å². The van der Waals surface area contributed by atoms with Crippen LogP contribution in [0.4, 0.5) is 0 Å². The van der Waals surface area contributed by atoms with Gasteiger partial charge >= 0.3 is 0 Å². The molecule has 0 atom stereocenters. The van der Waals surface area contributed by atoms with E-state index in [0.29, 0.717) is 11.7 Å². The maximum absolute atomic E-state index is 5.29. The van der Waals surface area contributed by atoms with Crippen LogP contribution in [-0.2, 0) is 6.32 Å². The van der Waals surface area contributed by atoms with Crippen LogP contribution < -0.4 is 9.47 Å². The quantitative estimate of drug-likeness (QED) is 0.688. The molecule has 3 rings (SSSR count). The standard InChI is InChI=1S/C10H9BN2O3/c11-4-9-12-10(13-16-9)6-1-2-7-8(3-6)15-5-14-7/h1-3H,4-5,11H2. The van der Waals surface area contributed by atoms with E-state index in [4.69, 9.17) is 14.0 Å². The van der Waals surface area contributed by atoms with Crippen LogP contribution in [-0.4, -0.2) is 24.8 Å². The van der Waals surface area contributed by atoms with Crippen molar-refractivity contribution in [2.45, 2.75) is 6.32 Å². The lowest BCUT2D eigenvalue weighted by Crippen LogP contribution is -1.92. The molecule has 0 amide bonds. The van der Waals surface area contributed by atoms with Crippen molar-refractivity contribution in [3.8, 4) is 22.9 Å². The van der Waals surface area contributed by atoms with Crippen LogP contribution in [0.5, 0.6) is 11.5 Å². The zero-order valence-electron chi connectivity index (χ0n) is 8.77. The molecule has 16 heavy (non-hydrogen) atoms. The van der Waals surface area contributed by atoms with E-state index in [2.05, 4.69) is 10.1 Å². The molecule has 0 fully saturated rings. The third kappa shape index (κ3) is 1.43. The number of aromatic nitrogens is 2. The average molecular weight is 216 g/mol. The van der Waals surface area contributed by atoms with Gasteiger partial charge in [0.2, 0.25) is 18.5 Å². The molecule has 6 heteroatoms. The van der Waals surface area contributed by atoms with Crippen LogP contribution in [0.15, 0.2) is 22.7 Å². The summed E-state index contributed by atoms with van der Waals surface area (Å²) in [7, 11) is 1.97. The summed E-state index contributed by atoms with van der Waals surface area (Å²) in [4.78, 5) is 4.25. The van der Waals surface area contributed by atoms with Crippen LogP contribution in [0, 0.1) is 0 Å². The van der Waals surface area contributed by atoms with Gasteiger partial charge in [-0.15, -0.1) is 0 Å². The molecule has 0 saturated carbocycles. The fourth-order valence-electron chi connectivity index (χ4n) is 1.55. The molecule has 0 bridgehead atoms. The van der Waals surface area contributed by atoms with Crippen molar-refractivity contribution in [1.82, 2.24) is 10.1 Å². The average Bonchev–Trinajstić information content (AvgIpc) is 2.96. The Bertz CT molecular complexity index is 527. The predicted octanol–water partition coefficient (Wildman–Crippen LogP) is 0.598. The molecule has 1 aromatic heterocycles. The minimum absolute atomic E-state index is 0.269. The summed E-state index contributed by atoms with van der Waals surface area (Å²) < 4.78 is 15.6. The molecule has 0 radical (unpaired) electrons. The van der Waals surface area contributed by atoms with Gasteiger partial charge in [-0.2, -0.15) is 4.98 Å². The summed E-state index contributed by atoms with van der Waals surface area (Å²) in [6.07, 6.45) is 0.734. The van der Waals surface area contributed by atoms with Crippen molar-refractivity contribution >= 4 is 7.85 Å². The van der Waals surface area contributed by atoms with E-state index in [-0.39, 0.29) is 6.79 Å². The largest absolute Gasteiger partial charge is 0.454 e. The second kappa shape index (κ2) is 3.55. The van der Waals surface area contributed by atoms with Gasteiger partial charge in [-0.05, 0) is 24.5 Å². The smallest absolute Gasteiger partial charge is 0.231 e. The highest BCUT2D eigenvalue weighted by Gasteiger charge is 2.15. The molecule has 0 aliphatic carbocycles. The highest BCUT2D eigenvalue weighted by molar-refractivity contribution is 6.07. The molecule has 1 aliphatic heterocycles. The number of hydrogen-bond acceptors (Lipinski definition) is 5. The van der Waals surface area contributed by atoms with E-state index in [1.165, 1.54) is 0 Å². The highest BCUT2D eigenvalue weighted by Crippen LogP contribution is 2.34. The van der Waals surface area contributed by atoms with Crippen LogP contribution in [0.2, 0.25) is 0 Å². The van der Waals surface area contributed by atoms with Crippen LogP contribution in [0.1, 0.15) is 5.89 Å². The predicted molar refractivity (Wildman–Crippen MR) is 58.1 cm³/mol. The van der Waals surface area contributed by atoms with Gasteiger partial charge in [0, 0.05) is 5.56 Å². The monoisotopic (exact) mass is 216 g/mol. The van der Waals surface area contributed by atoms with Crippen LogP contribution in [0.3, 0.4) is 0 Å². The molecule has 1 aromatic carbocycles. The summed E-state index contributed by atoms with van der Waals surface area (Å²) in [5.74, 6) is 2.69. The van der Waals surface area contributed by atoms with E-state index in [9.17, 15) is 0 Å². The highest BCUT2D eigenvalue weighted by atomic mass is 16.7. The first kappa shape index (κ1) is 9.27. The summed E-state index contributed by atoms with van der Waals surface area (Å²) >= 11 is 0. The number of nitrogens with zero attached hydrogens (tertiary/aromatic N) is 2. The number of fused-ring (bicyclic) bond motifs is 1. The molecule has 2 aromatic rings. The summed E-state index contributed by atoms with van der Waals surface area (Å²) in [5, 5.41) is 3.90. The molecular formula is C10H9BN2O3. The molecule has 2 heterocycles. The van der Waals surface area contributed by atoms with E-state index in [0.717, 1.165) is 23.4 Å². The third-order valence-electron chi connectivity index (χ3n) is 2.40. The number of hydrogen-bond donors (Lipinski definition) is 0. The second-order valence-electron chi connectivity index (χ2n) is 3.43.